The molecule has 160 valence electrons. The molecular weight excluding hydrogens is 394 g/mol. The Kier molecular flexibility index (Phi) is 6.16. The molecule has 1 fully saturated rings. The molecule has 3 amide bonds. The Balaban J connectivity index is 1.35. The fraction of sp³-hybridized carbons (Fsp3) is 0.261. The monoisotopic (exact) mass is 419 g/mol. The predicted molar refractivity (Wildman–Crippen MR) is 118 cm³/mol. The number of carbonyl (C=O) groups excluding carboxylic acids is 2. The van der Waals surface area contributed by atoms with E-state index in [1.54, 1.807) is 42.7 Å². The highest BCUT2D eigenvalue weighted by molar-refractivity contribution is 5.97. The van der Waals surface area contributed by atoms with Gasteiger partial charge in [-0.25, -0.2) is 9.78 Å². The molecule has 3 aromatic rings. The van der Waals surface area contributed by atoms with Gasteiger partial charge < -0.3 is 24.8 Å². The standard InChI is InChI=1S/C23H25N5O3/c1-31-21-13-19(7-8-20(21)28-10-3-6-22(28)29)26-23(30)25-14-17-4-2-5-18(12-17)15-27-11-9-24-16-27/h2,4-5,7-9,11-13,16H,3,6,10,14-15H2,1H3,(H2,25,26,30). The van der Waals surface area contributed by atoms with Gasteiger partial charge in [0, 0.05) is 50.2 Å². The molecule has 8 nitrogen and oxygen atoms in total. The Morgan fingerprint density at radius 2 is 2.06 bits per heavy atom. The Morgan fingerprint density at radius 3 is 2.81 bits per heavy atom. The number of hydrogen-bond donors (Lipinski definition) is 2. The molecule has 1 saturated heterocycles. The second kappa shape index (κ2) is 9.34. The molecule has 2 aromatic carbocycles. The predicted octanol–water partition coefficient (Wildman–Crippen LogP) is 3.39. The molecular formula is C23H25N5O3. The lowest BCUT2D eigenvalue weighted by atomic mass is 10.1. The molecule has 1 aromatic heterocycles. The maximum Gasteiger partial charge on any atom is 0.319 e. The Labute approximate surface area is 180 Å². The molecule has 8 heteroatoms. The number of benzene rings is 2. The molecule has 0 saturated carbocycles. The third-order valence-corrected chi connectivity index (χ3v) is 5.17. The van der Waals surface area contributed by atoms with E-state index in [-0.39, 0.29) is 11.9 Å². The SMILES string of the molecule is COc1cc(NC(=O)NCc2cccc(Cn3ccnc3)c2)ccc1N1CCCC1=O. The summed E-state index contributed by atoms with van der Waals surface area (Å²) in [5, 5.41) is 5.69. The van der Waals surface area contributed by atoms with E-state index in [4.69, 9.17) is 4.74 Å². The van der Waals surface area contributed by atoms with Crippen LogP contribution in [0.25, 0.3) is 0 Å². The molecule has 0 unspecified atom stereocenters. The fourth-order valence-corrected chi connectivity index (χ4v) is 3.67. The van der Waals surface area contributed by atoms with Crippen LogP contribution in [0.3, 0.4) is 0 Å². The molecule has 4 rings (SSSR count). The minimum absolute atomic E-state index is 0.0898. The number of hydrogen-bond acceptors (Lipinski definition) is 4. The third kappa shape index (κ3) is 5.03. The van der Waals surface area contributed by atoms with Crippen LogP contribution in [0.2, 0.25) is 0 Å². The molecule has 0 bridgehead atoms. The van der Waals surface area contributed by atoms with Gasteiger partial charge in [-0.2, -0.15) is 0 Å². The number of ether oxygens (including phenoxy) is 1. The van der Waals surface area contributed by atoms with Gasteiger partial charge >= 0.3 is 6.03 Å². The summed E-state index contributed by atoms with van der Waals surface area (Å²) < 4.78 is 7.43. The van der Waals surface area contributed by atoms with Crippen molar-refractivity contribution >= 4 is 23.3 Å². The van der Waals surface area contributed by atoms with Crippen molar-refractivity contribution in [1.29, 1.82) is 0 Å². The van der Waals surface area contributed by atoms with Gasteiger partial charge in [-0.05, 0) is 29.7 Å². The lowest BCUT2D eigenvalue weighted by Gasteiger charge is -2.19. The molecule has 31 heavy (non-hydrogen) atoms. The summed E-state index contributed by atoms with van der Waals surface area (Å²) in [7, 11) is 1.56. The number of nitrogens with zero attached hydrogens (tertiary/aromatic N) is 3. The zero-order valence-electron chi connectivity index (χ0n) is 17.4. The number of amides is 3. The van der Waals surface area contributed by atoms with Gasteiger partial charge in [0.25, 0.3) is 0 Å². The maximum atomic E-state index is 12.4. The van der Waals surface area contributed by atoms with Gasteiger partial charge in [-0.15, -0.1) is 0 Å². The van der Waals surface area contributed by atoms with Crippen molar-refractivity contribution < 1.29 is 14.3 Å². The van der Waals surface area contributed by atoms with Crippen molar-refractivity contribution in [3.8, 4) is 5.75 Å². The number of anilines is 2. The molecule has 0 aliphatic carbocycles. The minimum Gasteiger partial charge on any atom is -0.494 e. The van der Waals surface area contributed by atoms with Gasteiger partial charge in [-0.1, -0.05) is 24.3 Å². The van der Waals surface area contributed by atoms with Crippen molar-refractivity contribution in [2.45, 2.75) is 25.9 Å². The lowest BCUT2D eigenvalue weighted by molar-refractivity contribution is -0.117. The van der Waals surface area contributed by atoms with Crippen LogP contribution >= 0.6 is 0 Å². The Hall–Kier alpha value is -3.81. The third-order valence-electron chi connectivity index (χ3n) is 5.17. The van der Waals surface area contributed by atoms with E-state index in [9.17, 15) is 9.59 Å². The number of methoxy groups -OCH3 is 1. The van der Waals surface area contributed by atoms with E-state index in [0.29, 0.717) is 30.9 Å². The van der Waals surface area contributed by atoms with Gasteiger partial charge in [0.1, 0.15) is 5.75 Å². The topological polar surface area (TPSA) is 88.5 Å². The Bertz CT molecular complexity index is 1060. The summed E-state index contributed by atoms with van der Waals surface area (Å²) in [6, 6.07) is 13.0. The van der Waals surface area contributed by atoms with E-state index in [1.165, 1.54) is 0 Å². The van der Waals surface area contributed by atoms with Gasteiger partial charge in [0.05, 0.1) is 19.1 Å². The first kappa shape index (κ1) is 20.5. The number of aromatic nitrogens is 2. The summed E-state index contributed by atoms with van der Waals surface area (Å²) in [5.74, 6) is 0.646. The molecule has 1 aliphatic heterocycles. The molecule has 2 heterocycles. The van der Waals surface area contributed by atoms with Gasteiger partial charge in [-0.3, -0.25) is 4.79 Å². The normalized spacial score (nSPS) is 13.3. The zero-order chi connectivity index (χ0) is 21.6. The number of urea groups is 1. The smallest absolute Gasteiger partial charge is 0.319 e. The van der Waals surface area contributed by atoms with Gasteiger partial charge in [0.2, 0.25) is 5.91 Å². The van der Waals surface area contributed by atoms with Crippen LogP contribution in [0.15, 0.2) is 61.2 Å². The van der Waals surface area contributed by atoms with Gasteiger partial charge in [0.15, 0.2) is 0 Å². The summed E-state index contributed by atoms with van der Waals surface area (Å²) in [5.41, 5.74) is 3.46. The van der Waals surface area contributed by atoms with Crippen LogP contribution < -0.4 is 20.3 Å². The Morgan fingerprint density at radius 1 is 1.19 bits per heavy atom. The average Bonchev–Trinajstić information content (AvgIpc) is 3.44. The molecule has 1 aliphatic rings. The number of nitrogens with one attached hydrogen (secondary N) is 2. The van der Waals surface area contributed by atoms with Crippen LogP contribution in [0.4, 0.5) is 16.2 Å². The first-order valence-electron chi connectivity index (χ1n) is 10.2. The maximum absolute atomic E-state index is 12.4. The first-order chi connectivity index (χ1) is 15.1. The van der Waals surface area contributed by atoms with E-state index >= 15 is 0 Å². The molecule has 2 N–H and O–H groups in total. The largest absolute Gasteiger partial charge is 0.494 e. The number of carbonyl (C=O) groups is 2. The molecule has 0 atom stereocenters. The minimum atomic E-state index is -0.313. The highest BCUT2D eigenvalue weighted by atomic mass is 16.5. The number of rotatable bonds is 7. The van der Waals surface area contributed by atoms with Crippen molar-refractivity contribution in [2.24, 2.45) is 0 Å². The average molecular weight is 419 g/mol. The number of imidazole rings is 1. The lowest BCUT2D eigenvalue weighted by Crippen LogP contribution is -2.28. The van der Waals surface area contributed by atoms with Crippen LogP contribution in [0.1, 0.15) is 24.0 Å². The second-order valence-electron chi connectivity index (χ2n) is 7.40. The molecule has 0 spiro atoms. The first-order valence-corrected chi connectivity index (χ1v) is 10.2. The highest BCUT2D eigenvalue weighted by Gasteiger charge is 2.24. The van der Waals surface area contributed by atoms with E-state index in [2.05, 4.69) is 21.7 Å². The molecule has 0 radical (unpaired) electrons. The van der Waals surface area contributed by atoms with E-state index in [0.717, 1.165) is 29.8 Å². The van der Waals surface area contributed by atoms with Crippen LogP contribution in [-0.2, 0) is 17.9 Å². The quantitative estimate of drug-likeness (QED) is 0.614. The van der Waals surface area contributed by atoms with Crippen LogP contribution in [0, 0.1) is 0 Å². The van der Waals surface area contributed by atoms with Crippen LogP contribution in [0.5, 0.6) is 5.75 Å². The highest BCUT2D eigenvalue weighted by Crippen LogP contribution is 2.33. The van der Waals surface area contributed by atoms with E-state index < -0.39 is 0 Å². The van der Waals surface area contributed by atoms with E-state index in [1.807, 2.05) is 29.0 Å². The summed E-state index contributed by atoms with van der Waals surface area (Å²) in [6.07, 6.45) is 6.83. The summed E-state index contributed by atoms with van der Waals surface area (Å²) >= 11 is 0. The summed E-state index contributed by atoms with van der Waals surface area (Å²) in [4.78, 5) is 30.2. The summed E-state index contributed by atoms with van der Waals surface area (Å²) in [6.45, 7) is 1.81. The second-order valence-corrected chi connectivity index (χ2v) is 7.40. The zero-order valence-corrected chi connectivity index (χ0v) is 17.4. The van der Waals surface area contributed by atoms with Crippen molar-refractivity contribution in [1.82, 2.24) is 14.9 Å². The fourth-order valence-electron chi connectivity index (χ4n) is 3.67. The van der Waals surface area contributed by atoms with Crippen molar-refractivity contribution in [3.63, 3.8) is 0 Å². The van der Waals surface area contributed by atoms with Crippen molar-refractivity contribution in [3.05, 3.63) is 72.3 Å². The van der Waals surface area contributed by atoms with Crippen LogP contribution in [-0.4, -0.2) is 35.1 Å². The van der Waals surface area contributed by atoms with Crippen molar-refractivity contribution in [2.75, 3.05) is 23.9 Å².